The van der Waals surface area contributed by atoms with Gasteiger partial charge in [-0.1, -0.05) is 36.5 Å². The van der Waals surface area contributed by atoms with Gasteiger partial charge in [-0.25, -0.2) is 0 Å². The fourth-order valence-electron chi connectivity index (χ4n) is 1.46. The number of furan rings is 1. The summed E-state index contributed by atoms with van der Waals surface area (Å²) in [6.07, 6.45) is 0. The quantitative estimate of drug-likeness (QED) is 0.556. The Morgan fingerprint density at radius 3 is 2.20 bits per heavy atom. The Hall–Kier alpha value is -1.41. The molecule has 0 aliphatic carbocycles. The van der Waals surface area contributed by atoms with E-state index < -0.39 is 0 Å². The summed E-state index contributed by atoms with van der Waals surface area (Å²) in [4.78, 5) is 0.914. The largest absolute Gasteiger partial charge is 0.461 e. The van der Waals surface area contributed by atoms with Crippen LogP contribution in [0.5, 0.6) is 0 Å². The van der Waals surface area contributed by atoms with E-state index >= 15 is 0 Å². The topological polar surface area (TPSA) is 13.1 Å². The SMILES string of the molecule is CC(=S)c1ccc(-c2ccc(C)o2)cc1. The van der Waals surface area contributed by atoms with Gasteiger partial charge < -0.3 is 4.42 Å². The van der Waals surface area contributed by atoms with E-state index in [1.807, 2.05) is 50.2 Å². The zero-order valence-corrected chi connectivity index (χ0v) is 9.60. The molecule has 0 aliphatic heterocycles. The average molecular weight is 216 g/mol. The molecule has 0 unspecified atom stereocenters. The molecule has 0 spiro atoms. The van der Waals surface area contributed by atoms with Crippen LogP contribution in [0.4, 0.5) is 0 Å². The summed E-state index contributed by atoms with van der Waals surface area (Å²) in [6.45, 7) is 3.88. The summed E-state index contributed by atoms with van der Waals surface area (Å²) in [5.41, 5.74) is 2.18. The molecule has 0 aliphatic rings. The molecule has 2 rings (SSSR count). The molecule has 0 fully saturated rings. The van der Waals surface area contributed by atoms with Gasteiger partial charge >= 0.3 is 0 Å². The first kappa shape index (κ1) is 10.1. The van der Waals surface area contributed by atoms with Crippen molar-refractivity contribution in [3.05, 3.63) is 47.7 Å². The standard InChI is InChI=1S/C13H12OS/c1-9-3-8-13(14-9)12-6-4-11(5-7-12)10(2)15/h3-8H,1-2H3. The highest BCUT2D eigenvalue weighted by Crippen LogP contribution is 2.22. The van der Waals surface area contributed by atoms with Crippen molar-refractivity contribution in [3.63, 3.8) is 0 Å². The van der Waals surface area contributed by atoms with E-state index in [0.717, 1.165) is 27.5 Å². The van der Waals surface area contributed by atoms with Gasteiger partial charge in [0, 0.05) is 10.4 Å². The van der Waals surface area contributed by atoms with E-state index in [-0.39, 0.29) is 0 Å². The second-order valence-electron chi connectivity index (χ2n) is 3.54. The molecule has 1 nitrogen and oxygen atoms in total. The zero-order chi connectivity index (χ0) is 10.8. The van der Waals surface area contributed by atoms with E-state index in [4.69, 9.17) is 16.6 Å². The molecule has 2 aromatic rings. The van der Waals surface area contributed by atoms with Crippen LogP contribution in [0.3, 0.4) is 0 Å². The number of aryl methyl sites for hydroxylation is 1. The van der Waals surface area contributed by atoms with Crippen LogP contribution in [-0.4, -0.2) is 4.86 Å². The van der Waals surface area contributed by atoms with Crippen LogP contribution in [0.2, 0.25) is 0 Å². The zero-order valence-electron chi connectivity index (χ0n) is 8.78. The van der Waals surface area contributed by atoms with Crippen molar-refractivity contribution < 1.29 is 4.42 Å². The van der Waals surface area contributed by atoms with Gasteiger partial charge in [0.25, 0.3) is 0 Å². The number of rotatable bonds is 2. The lowest BCUT2D eigenvalue weighted by atomic mass is 10.1. The third-order valence-corrected chi connectivity index (χ3v) is 2.55. The molecule has 2 heteroatoms. The molecular weight excluding hydrogens is 204 g/mol. The van der Waals surface area contributed by atoms with Gasteiger partial charge in [-0.05, 0) is 31.5 Å². The number of benzene rings is 1. The molecule has 0 atom stereocenters. The normalized spacial score (nSPS) is 10.3. The highest BCUT2D eigenvalue weighted by molar-refractivity contribution is 7.80. The predicted octanol–water partition coefficient (Wildman–Crippen LogP) is 3.99. The first-order chi connectivity index (χ1) is 7.16. The van der Waals surface area contributed by atoms with Gasteiger partial charge in [-0.2, -0.15) is 0 Å². The van der Waals surface area contributed by atoms with Gasteiger partial charge in [0.15, 0.2) is 0 Å². The third kappa shape index (κ3) is 2.16. The van der Waals surface area contributed by atoms with Gasteiger partial charge in [0.2, 0.25) is 0 Å². The molecule has 0 radical (unpaired) electrons. The summed E-state index contributed by atoms with van der Waals surface area (Å²) >= 11 is 5.10. The Bertz CT molecular complexity index is 479. The number of hydrogen-bond acceptors (Lipinski definition) is 2. The van der Waals surface area contributed by atoms with Crippen LogP contribution in [0.15, 0.2) is 40.8 Å². The first-order valence-corrected chi connectivity index (χ1v) is 5.25. The van der Waals surface area contributed by atoms with Crippen molar-refractivity contribution in [3.8, 4) is 11.3 Å². The second-order valence-corrected chi connectivity index (χ2v) is 4.16. The first-order valence-electron chi connectivity index (χ1n) is 4.84. The molecule has 0 bridgehead atoms. The van der Waals surface area contributed by atoms with Crippen molar-refractivity contribution in [2.24, 2.45) is 0 Å². The second kappa shape index (κ2) is 3.99. The Morgan fingerprint density at radius 2 is 1.73 bits per heavy atom. The average Bonchev–Trinajstić information content (AvgIpc) is 2.65. The van der Waals surface area contributed by atoms with Crippen molar-refractivity contribution in [2.45, 2.75) is 13.8 Å². The predicted molar refractivity (Wildman–Crippen MR) is 66.3 cm³/mol. The smallest absolute Gasteiger partial charge is 0.134 e. The summed E-state index contributed by atoms with van der Waals surface area (Å²) < 4.78 is 5.54. The Morgan fingerprint density at radius 1 is 1.07 bits per heavy atom. The minimum Gasteiger partial charge on any atom is -0.461 e. The van der Waals surface area contributed by atoms with E-state index in [9.17, 15) is 0 Å². The number of hydrogen-bond donors (Lipinski definition) is 0. The maximum Gasteiger partial charge on any atom is 0.134 e. The Balaban J connectivity index is 2.35. The Labute approximate surface area is 94.7 Å². The van der Waals surface area contributed by atoms with Gasteiger partial charge in [0.1, 0.15) is 11.5 Å². The molecule has 76 valence electrons. The lowest BCUT2D eigenvalue weighted by molar-refractivity contribution is 0.548. The highest BCUT2D eigenvalue weighted by Gasteiger charge is 2.02. The van der Waals surface area contributed by atoms with E-state index in [0.29, 0.717) is 0 Å². The lowest BCUT2D eigenvalue weighted by Crippen LogP contribution is -1.88. The van der Waals surface area contributed by atoms with Gasteiger partial charge in [-0.3, -0.25) is 0 Å². The molecule has 0 amide bonds. The minimum absolute atomic E-state index is 0.904. The highest BCUT2D eigenvalue weighted by atomic mass is 32.1. The van der Waals surface area contributed by atoms with E-state index in [1.165, 1.54) is 0 Å². The summed E-state index contributed by atoms with van der Waals surface area (Å²) in [5, 5.41) is 0. The van der Waals surface area contributed by atoms with Crippen LogP contribution >= 0.6 is 12.2 Å². The minimum atomic E-state index is 0.904. The lowest BCUT2D eigenvalue weighted by Gasteiger charge is -2.00. The maximum absolute atomic E-state index is 5.54. The van der Waals surface area contributed by atoms with Crippen molar-refractivity contribution in [2.75, 3.05) is 0 Å². The molecule has 1 heterocycles. The van der Waals surface area contributed by atoms with Crippen molar-refractivity contribution in [1.82, 2.24) is 0 Å². The molecule has 0 N–H and O–H groups in total. The summed E-state index contributed by atoms with van der Waals surface area (Å²) in [6, 6.07) is 12.1. The van der Waals surface area contributed by atoms with Gasteiger partial charge in [-0.15, -0.1) is 0 Å². The fourth-order valence-corrected chi connectivity index (χ4v) is 1.59. The van der Waals surface area contributed by atoms with Crippen LogP contribution in [0.1, 0.15) is 18.2 Å². The van der Waals surface area contributed by atoms with Crippen molar-refractivity contribution in [1.29, 1.82) is 0 Å². The van der Waals surface area contributed by atoms with Gasteiger partial charge in [0.05, 0.1) is 0 Å². The molecule has 1 aromatic heterocycles. The number of thiocarbonyl (C=S) groups is 1. The summed E-state index contributed by atoms with van der Waals surface area (Å²) in [7, 11) is 0. The molecule has 15 heavy (non-hydrogen) atoms. The molecular formula is C13H12OS. The third-order valence-electron chi connectivity index (χ3n) is 2.32. The van der Waals surface area contributed by atoms with Crippen LogP contribution < -0.4 is 0 Å². The molecule has 0 saturated carbocycles. The molecule has 0 saturated heterocycles. The van der Waals surface area contributed by atoms with Crippen LogP contribution in [-0.2, 0) is 0 Å². The fraction of sp³-hybridized carbons (Fsp3) is 0.154. The van der Waals surface area contributed by atoms with Crippen LogP contribution in [0.25, 0.3) is 11.3 Å². The van der Waals surface area contributed by atoms with Crippen LogP contribution in [0, 0.1) is 6.92 Å². The monoisotopic (exact) mass is 216 g/mol. The van der Waals surface area contributed by atoms with E-state index in [2.05, 4.69) is 0 Å². The maximum atomic E-state index is 5.54. The van der Waals surface area contributed by atoms with E-state index in [1.54, 1.807) is 0 Å². The van der Waals surface area contributed by atoms with Crippen molar-refractivity contribution >= 4 is 17.1 Å². The molecule has 1 aromatic carbocycles. The Kier molecular flexibility index (Phi) is 2.69. The summed E-state index contributed by atoms with van der Waals surface area (Å²) in [5.74, 6) is 1.83.